The number of amides is 2. The zero-order valence-electron chi connectivity index (χ0n) is 10.4. The molecule has 0 heterocycles. The van der Waals surface area contributed by atoms with Crippen molar-refractivity contribution in [3.63, 3.8) is 0 Å². The van der Waals surface area contributed by atoms with Crippen molar-refractivity contribution in [2.75, 3.05) is 12.4 Å². The van der Waals surface area contributed by atoms with Crippen LogP contribution in [0, 0.1) is 3.57 Å². The maximum atomic E-state index is 12.0. The number of hydrogen-bond donors (Lipinski definition) is 2. The molecule has 18 heavy (non-hydrogen) atoms. The Hall–Kier alpha value is -1.31. The van der Waals surface area contributed by atoms with Gasteiger partial charge in [0, 0.05) is 10.6 Å². The highest BCUT2D eigenvalue weighted by Crippen LogP contribution is 2.19. The van der Waals surface area contributed by atoms with E-state index in [1.54, 1.807) is 12.1 Å². The predicted octanol–water partition coefficient (Wildman–Crippen LogP) is 2.62. The molecule has 0 aromatic heterocycles. The second kappa shape index (κ2) is 5.55. The summed E-state index contributed by atoms with van der Waals surface area (Å²) in [6.07, 6.45) is 0. The normalized spacial score (nSPS) is 10.9. The number of anilines is 1. The third-order valence-corrected chi connectivity index (χ3v) is 3.72. The summed E-state index contributed by atoms with van der Waals surface area (Å²) in [7, 11) is 1.46. The van der Waals surface area contributed by atoms with E-state index >= 15 is 0 Å². The van der Waals surface area contributed by atoms with Crippen LogP contribution in [0.3, 0.4) is 0 Å². The summed E-state index contributed by atoms with van der Waals surface area (Å²) in [6.45, 7) is 2.95. The van der Waals surface area contributed by atoms with Gasteiger partial charge in [-0.25, -0.2) is 9.59 Å². The molecule has 0 fully saturated rings. The molecule has 0 saturated heterocycles. The molecule has 0 spiro atoms. The number of nitrogens with zero attached hydrogens (tertiary/aromatic N) is 1. The van der Waals surface area contributed by atoms with E-state index in [4.69, 9.17) is 5.11 Å². The highest BCUT2D eigenvalue weighted by Gasteiger charge is 2.35. The Bertz CT molecular complexity index is 474. The lowest BCUT2D eigenvalue weighted by atomic mass is 10.1. The van der Waals surface area contributed by atoms with Gasteiger partial charge < -0.3 is 15.3 Å². The Labute approximate surface area is 119 Å². The molecule has 0 radical (unpaired) electrons. The van der Waals surface area contributed by atoms with Crippen molar-refractivity contribution in [3.8, 4) is 0 Å². The second-order valence-corrected chi connectivity index (χ2v) is 5.50. The number of carbonyl (C=O) groups is 2. The molecule has 1 aromatic carbocycles. The molecule has 0 saturated carbocycles. The molecule has 0 aliphatic rings. The van der Waals surface area contributed by atoms with Gasteiger partial charge in [-0.05, 0) is 48.6 Å². The highest BCUT2D eigenvalue weighted by molar-refractivity contribution is 14.1. The molecule has 0 bridgehead atoms. The molecular formula is C12H15IN2O3. The summed E-state index contributed by atoms with van der Waals surface area (Å²) in [6, 6.07) is 6.84. The molecule has 2 amide bonds. The minimum Gasteiger partial charge on any atom is -0.480 e. The van der Waals surface area contributed by atoms with Crippen LogP contribution in [0.2, 0.25) is 0 Å². The molecule has 0 aliphatic heterocycles. The number of hydrogen-bond acceptors (Lipinski definition) is 2. The van der Waals surface area contributed by atoms with Crippen LogP contribution in [0.5, 0.6) is 0 Å². The maximum Gasteiger partial charge on any atom is 0.329 e. The number of rotatable bonds is 3. The first-order valence-electron chi connectivity index (χ1n) is 5.29. The van der Waals surface area contributed by atoms with Gasteiger partial charge in [-0.3, -0.25) is 0 Å². The zero-order valence-corrected chi connectivity index (χ0v) is 12.6. The lowest BCUT2D eigenvalue weighted by Crippen LogP contribution is -2.52. The number of halogens is 1. The van der Waals surface area contributed by atoms with E-state index in [-0.39, 0.29) is 0 Å². The number of benzene rings is 1. The first-order valence-corrected chi connectivity index (χ1v) is 6.37. The number of para-hydroxylation sites is 1. The molecule has 1 aromatic rings. The number of carboxylic acid groups (broad SMARTS) is 1. The Morgan fingerprint density at radius 3 is 2.39 bits per heavy atom. The van der Waals surface area contributed by atoms with Crippen LogP contribution in [0.1, 0.15) is 13.8 Å². The maximum absolute atomic E-state index is 12.0. The summed E-state index contributed by atoms with van der Waals surface area (Å²) in [5, 5.41) is 11.7. The van der Waals surface area contributed by atoms with Gasteiger partial charge in [0.05, 0.1) is 5.69 Å². The predicted molar refractivity (Wildman–Crippen MR) is 77.7 cm³/mol. The number of likely N-dealkylation sites (N-methyl/N-ethyl adjacent to an activating group) is 1. The largest absolute Gasteiger partial charge is 0.480 e. The van der Waals surface area contributed by atoms with Crippen molar-refractivity contribution in [2.45, 2.75) is 19.4 Å². The number of aliphatic carboxylic acids is 1. The molecule has 5 nitrogen and oxygen atoms in total. The summed E-state index contributed by atoms with van der Waals surface area (Å²) < 4.78 is 0.894. The van der Waals surface area contributed by atoms with E-state index in [1.807, 2.05) is 12.1 Å². The topological polar surface area (TPSA) is 69.6 Å². The molecule has 2 N–H and O–H groups in total. The quantitative estimate of drug-likeness (QED) is 0.813. The lowest BCUT2D eigenvalue weighted by molar-refractivity contribution is -0.146. The number of carbonyl (C=O) groups excluding carboxylic acids is 1. The van der Waals surface area contributed by atoms with E-state index in [9.17, 15) is 9.59 Å². The minimum absolute atomic E-state index is 0.452. The fraction of sp³-hybridized carbons (Fsp3) is 0.333. The Morgan fingerprint density at radius 2 is 1.89 bits per heavy atom. The number of nitrogens with one attached hydrogen (secondary N) is 1. The van der Waals surface area contributed by atoms with E-state index in [0.717, 1.165) is 3.57 Å². The Morgan fingerprint density at radius 1 is 1.33 bits per heavy atom. The molecule has 0 atom stereocenters. The molecule has 0 unspecified atom stereocenters. The Kier molecular flexibility index (Phi) is 4.55. The van der Waals surface area contributed by atoms with Gasteiger partial charge in [-0.1, -0.05) is 12.1 Å². The van der Waals surface area contributed by atoms with Crippen LogP contribution in [0.25, 0.3) is 0 Å². The summed E-state index contributed by atoms with van der Waals surface area (Å²) in [5.74, 6) is -1.05. The smallest absolute Gasteiger partial charge is 0.329 e. The van der Waals surface area contributed by atoms with E-state index < -0.39 is 17.5 Å². The van der Waals surface area contributed by atoms with Crippen LogP contribution < -0.4 is 5.32 Å². The first-order chi connectivity index (χ1) is 8.26. The first kappa shape index (κ1) is 14.7. The zero-order chi connectivity index (χ0) is 13.9. The lowest BCUT2D eigenvalue weighted by Gasteiger charge is -2.31. The molecule has 0 aliphatic carbocycles. The van der Waals surface area contributed by atoms with E-state index in [0.29, 0.717) is 5.69 Å². The fourth-order valence-electron chi connectivity index (χ4n) is 1.16. The highest BCUT2D eigenvalue weighted by atomic mass is 127. The van der Waals surface area contributed by atoms with Crippen LogP contribution in [0.4, 0.5) is 10.5 Å². The average molecular weight is 362 g/mol. The summed E-state index contributed by atoms with van der Waals surface area (Å²) >= 11 is 2.10. The van der Waals surface area contributed by atoms with E-state index in [1.165, 1.54) is 25.8 Å². The SMILES string of the molecule is CN(C(=O)Nc1ccccc1I)C(C)(C)C(=O)O. The van der Waals surface area contributed by atoms with Gasteiger partial charge in [-0.15, -0.1) is 0 Å². The molecule has 1 rings (SSSR count). The van der Waals surface area contributed by atoms with Crippen molar-refractivity contribution < 1.29 is 14.7 Å². The van der Waals surface area contributed by atoms with Crippen LogP contribution >= 0.6 is 22.6 Å². The number of carboxylic acids is 1. The van der Waals surface area contributed by atoms with Crippen molar-refractivity contribution in [2.24, 2.45) is 0 Å². The van der Waals surface area contributed by atoms with Gasteiger partial charge in [0.15, 0.2) is 0 Å². The van der Waals surface area contributed by atoms with Crippen LogP contribution in [-0.4, -0.2) is 34.6 Å². The van der Waals surface area contributed by atoms with Crippen molar-refractivity contribution in [1.29, 1.82) is 0 Å². The van der Waals surface area contributed by atoms with Crippen molar-refractivity contribution >= 4 is 40.3 Å². The monoisotopic (exact) mass is 362 g/mol. The summed E-state index contributed by atoms with van der Waals surface area (Å²) in [4.78, 5) is 24.2. The third kappa shape index (κ3) is 3.12. The summed E-state index contributed by atoms with van der Waals surface area (Å²) in [5.41, 5.74) is -0.597. The van der Waals surface area contributed by atoms with Crippen molar-refractivity contribution in [1.82, 2.24) is 4.90 Å². The minimum atomic E-state index is -1.26. The van der Waals surface area contributed by atoms with E-state index in [2.05, 4.69) is 27.9 Å². The standard InChI is InChI=1S/C12H15IN2O3/c1-12(2,10(16)17)15(3)11(18)14-9-7-5-4-6-8(9)13/h4-7H,1-3H3,(H,14,18)(H,16,17). The molecule has 98 valence electrons. The van der Waals surface area contributed by atoms with Crippen LogP contribution in [-0.2, 0) is 4.79 Å². The van der Waals surface area contributed by atoms with Gasteiger partial charge in [-0.2, -0.15) is 0 Å². The third-order valence-electron chi connectivity index (χ3n) is 2.78. The molecular weight excluding hydrogens is 347 g/mol. The second-order valence-electron chi connectivity index (χ2n) is 4.33. The number of urea groups is 1. The Balaban J connectivity index is 2.84. The van der Waals surface area contributed by atoms with Gasteiger partial charge >= 0.3 is 12.0 Å². The van der Waals surface area contributed by atoms with Crippen molar-refractivity contribution in [3.05, 3.63) is 27.8 Å². The average Bonchev–Trinajstić information content (AvgIpc) is 2.30. The van der Waals surface area contributed by atoms with Gasteiger partial charge in [0.2, 0.25) is 0 Å². The molecule has 6 heteroatoms. The van der Waals surface area contributed by atoms with Gasteiger partial charge in [0.1, 0.15) is 5.54 Å². The van der Waals surface area contributed by atoms with Gasteiger partial charge in [0.25, 0.3) is 0 Å². The van der Waals surface area contributed by atoms with Crippen LogP contribution in [0.15, 0.2) is 24.3 Å². The fourth-order valence-corrected chi connectivity index (χ4v) is 1.68.